The molecule has 3 rings (SSSR count). The van der Waals surface area contributed by atoms with Crippen molar-refractivity contribution in [1.29, 1.82) is 0 Å². The third-order valence-corrected chi connectivity index (χ3v) is 4.16. The number of nitrogens with two attached hydrogens (primary N) is 1. The molecular weight excluding hydrogens is 418 g/mol. The Bertz CT molecular complexity index is 1120. The summed E-state index contributed by atoms with van der Waals surface area (Å²) < 4.78 is 9.44. The molecule has 12 nitrogen and oxygen atoms in total. The average molecular weight is 437 g/mol. The first-order valence-corrected chi connectivity index (χ1v) is 9.08. The maximum atomic E-state index is 12.2. The summed E-state index contributed by atoms with van der Waals surface area (Å²) >= 11 is 0. The van der Waals surface area contributed by atoms with Crippen LogP contribution in [0.5, 0.6) is 0 Å². The van der Waals surface area contributed by atoms with Gasteiger partial charge in [0.05, 0.1) is 25.3 Å². The van der Waals surface area contributed by atoms with Crippen LogP contribution in [0.25, 0.3) is 0 Å². The number of nitrogens with zero attached hydrogens (tertiary/aromatic N) is 3. The highest BCUT2D eigenvalue weighted by Gasteiger charge is 2.16. The monoisotopic (exact) mass is 437 g/mol. The lowest BCUT2D eigenvalue weighted by atomic mass is 10.1. The molecule has 32 heavy (non-hydrogen) atoms. The molecule has 0 atom stereocenters. The van der Waals surface area contributed by atoms with Crippen molar-refractivity contribution in [2.45, 2.75) is 0 Å². The summed E-state index contributed by atoms with van der Waals surface area (Å²) in [5.41, 5.74) is 12.2. The molecular formula is C20H19N7O5. The molecule has 164 valence electrons. The van der Waals surface area contributed by atoms with Crippen LogP contribution < -0.4 is 21.9 Å². The second-order valence-electron chi connectivity index (χ2n) is 6.21. The topological polar surface area (TPSA) is 170 Å². The molecule has 0 aliphatic rings. The maximum Gasteiger partial charge on any atom is 0.337 e. The van der Waals surface area contributed by atoms with Crippen LogP contribution in [0, 0.1) is 0 Å². The minimum atomic E-state index is -0.643. The van der Waals surface area contributed by atoms with Crippen LogP contribution >= 0.6 is 0 Å². The van der Waals surface area contributed by atoms with E-state index in [1.165, 1.54) is 51.1 Å². The number of methoxy groups -OCH3 is 2. The number of rotatable bonds is 7. The lowest BCUT2D eigenvalue weighted by Gasteiger charge is -2.14. The van der Waals surface area contributed by atoms with Gasteiger partial charge in [-0.15, -0.1) is 0 Å². The molecule has 0 saturated heterocycles. The lowest BCUT2D eigenvalue weighted by molar-refractivity contribution is 0.0599. The first kappa shape index (κ1) is 22.0. The second kappa shape index (κ2) is 9.84. The minimum Gasteiger partial charge on any atom is -0.465 e. The first-order chi connectivity index (χ1) is 15.4. The number of amides is 1. The predicted molar refractivity (Wildman–Crippen MR) is 114 cm³/mol. The van der Waals surface area contributed by atoms with Gasteiger partial charge >= 0.3 is 11.9 Å². The van der Waals surface area contributed by atoms with Crippen LogP contribution in [0.2, 0.25) is 0 Å². The molecule has 1 aromatic carbocycles. The molecule has 3 aromatic rings. The molecule has 0 aliphatic heterocycles. The fourth-order valence-corrected chi connectivity index (χ4v) is 2.59. The van der Waals surface area contributed by atoms with E-state index in [0.29, 0.717) is 11.3 Å². The molecule has 2 heterocycles. The Morgan fingerprint density at radius 3 is 2.06 bits per heavy atom. The number of nitrogen functional groups attached to an aromatic ring is 1. The van der Waals surface area contributed by atoms with Crippen molar-refractivity contribution in [2.24, 2.45) is 0 Å². The molecule has 0 spiro atoms. The van der Waals surface area contributed by atoms with Crippen molar-refractivity contribution in [3.05, 3.63) is 65.7 Å². The molecule has 12 heteroatoms. The SMILES string of the molecule is COC(=O)c1cc(Nc2ncnc(NNC(=O)c3ccncc3)c2N)cc(C(=O)OC)c1. The zero-order valence-corrected chi connectivity index (χ0v) is 17.1. The Kier molecular flexibility index (Phi) is 6.75. The Hall–Kier alpha value is -4.74. The number of hydrogen-bond acceptors (Lipinski definition) is 11. The van der Waals surface area contributed by atoms with Crippen LogP contribution in [-0.2, 0) is 9.47 Å². The Morgan fingerprint density at radius 1 is 0.875 bits per heavy atom. The molecule has 0 saturated carbocycles. The molecule has 0 fully saturated rings. The molecule has 2 aromatic heterocycles. The van der Waals surface area contributed by atoms with E-state index < -0.39 is 17.8 Å². The van der Waals surface area contributed by atoms with E-state index in [4.69, 9.17) is 15.2 Å². The standard InChI is InChI=1S/C20H19N7O5/c1-31-19(29)12-7-13(20(30)32-2)9-14(8-12)25-16-15(21)17(24-10-23-16)26-27-18(28)11-3-5-22-6-4-11/h3-10H,21H2,1-2H3,(H,27,28)(H2,23,24,25,26). The van der Waals surface area contributed by atoms with Gasteiger partial charge in [-0.1, -0.05) is 0 Å². The quantitative estimate of drug-likeness (QED) is 0.312. The minimum absolute atomic E-state index is 0.0746. The van der Waals surface area contributed by atoms with E-state index in [1.54, 1.807) is 12.1 Å². The van der Waals surface area contributed by atoms with Crippen molar-refractivity contribution >= 4 is 40.9 Å². The molecule has 5 N–H and O–H groups in total. The largest absolute Gasteiger partial charge is 0.465 e. The van der Waals surface area contributed by atoms with Crippen LogP contribution in [0.1, 0.15) is 31.1 Å². The van der Waals surface area contributed by atoms with Crippen LogP contribution in [-0.4, -0.2) is 47.0 Å². The lowest BCUT2D eigenvalue weighted by Crippen LogP contribution is -2.30. The molecule has 0 radical (unpaired) electrons. The number of carbonyl (C=O) groups excluding carboxylic acids is 3. The summed E-state index contributed by atoms with van der Waals surface area (Å²) in [7, 11) is 2.45. The second-order valence-corrected chi connectivity index (χ2v) is 6.21. The first-order valence-electron chi connectivity index (χ1n) is 9.08. The van der Waals surface area contributed by atoms with Crippen molar-refractivity contribution in [3.8, 4) is 0 Å². The van der Waals surface area contributed by atoms with E-state index in [2.05, 4.69) is 31.1 Å². The van der Waals surface area contributed by atoms with Gasteiger partial charge in [-0.05, 0) is 30.3 Å². The third kappa shape index (κ3) is 5.05. The summed E-state index contributed by atoms with van der Waals surface area (Å²) in [5.74, 6) is -1.42. The van der Waals surface area contributed by atoms with E-state index in [-0.39, 0.29) is 28.5 Å². The fourth-order valence-electron chi connectivity index (χ4n) is 2.59. The number of nitrogens with one attached hydrogen (secondary N) is 3. The molecule has 0 bridgehead atoms. The van der Waals surface area contributed by atoms with Gasteiger partial charge in [0.1, 0.15) is 12.0 Å². The smallest absolute Gasteiger partial charge is 0.337 e. The van der Waals surface area contributed by atoms with Crippen LogP contribution in [0.4, 0.5) is 23.0 Å². The number of esters is 2. The Balaban J connectivity index is 1.83. The van der Waals surface area contributed by atoms with Gasteiger partial charge in [0.25, 0.3) is 5.91 Å². The van der Waals surface area contributed by atoms with Crippen molar-refractivity contribution in [1.82, 2.24) is 20.4 Å². The van der Waals surface area contributed by atoms with Gasteiger partial charge in [-0.3, -0.25) is 20.6 Å². The van der Waals surface area contributed by atoms with E-state index in [9.17, 15) is 14.4 Å². The summed E-state index contributed by atoms with van der Waals surface area (Å²) in [4.78, 5) is 48.0. The van der Waals surface area contributed by atoms with Crippen molar-refractivity contribution in [2.75, 3.05) is 30.7 Å². The zero-order valence-electron chi connectivity index (χ0n) is 17.1. The molecule has 0 unspecified atom stereocenters. The predicted octanol–water partition coefficient (Wildman–Crippen LogP) is 1.53. The number of hydrazine groups is 1. The van der Waals surface area contributed by atoms with Gasteiger partial charge in [0, 0.05) is 23.6 Å². The molecule has 0 aliphatic carbocycles. The Morgan fingerprint density at radius 2 is 1.47 bits per heavy atom. The number of anilines is 4. The average Bonchev–Trinajstić information content (AvgIpc) is 2.83. The fraction of sp³-hybridized carbons (Fsp3) is 0.100. The van der Waals surface area contributed by atoms with Gasteiger partial charge in [0.2, 0.25) is 0 Å². The Labute approximate surface area is 182 Å². The number of carbonyl (C=O) groups is 3. The van der Waals surface area contributed by atoms with Crippen LogP contribution in [0.3, 0.4) is 0 Å². The van der Waals surface area contributed by atoms with Crippen LogP contribution in [0.15, 0.2) is 49.1 Å². The normalized spacial score (nSPS) is 10.1. The summed E-state index contributed by atoms with van der Waals surface area (Å²) in [6, 6.07) is 7.34. The number of ether oxygens (including phenoxy) is 2. The number of benzene rings is 1. The zero-order chi connectivity index (χ0) is 23.1. The van der Waals surface area contributed by atoms with E-state index >= 15 is 0 Å². The maximum absolute atomic E-state index is 12.2. The summed E-state index contributed by atoms with van der Waals surface area (Å²) in [6.07, 6.45) is 4.19. The van der Waals surface area contributed by atoms with Gasteiger partial charge < -0.3 is 20.5 Å². The van der Waals surface area contributed by atoms with Crippen molar-refractivity contribution in [3.63, 3.8) is 0 Å². The van der Waals surface area contributed by atoms with E-state index in [0.717, 1.165) is 0 Å². The highest BCUT2D eigenvalue weighted by atomic mass is 16.5. The highest BCUT2D eigenvalue weighted by Crippen LogP contribution is 2.27. The summed E-state index contributed by atoms with van der Waals surface area (Å²) in [5, 5.41) is 2.92. The number of aromatic nitrogens is 3. The van der Waals surface area contributed by atoms with Gasteiger partial charge in [0.15, 0.2) is 11.6 Å². The van der Waals surface area contributed by atoms with Gasteiger partial charge in [-0.25, -0.2) is 19.6 Å². The highest BCUT2D eigenvalue weighted by molar-refractivity contribution is 5.97. The third-order valence-electron chi connectivity index (χ3n) is 4.16. The van der Waals surface area contributed by atoms with Gasteiger partial charge in [-0.2, -0.15) is 0 Å². The van der Waals surface area contributed by atoms with Crippen molar-refractivity contribution < 1.29 is 23.9 Å². The number of pyridine rings is 1. The summed E-state index contributed by atoms with van der Waals surface area (Å²) in [6.45, 7) is 0. The molecule has 1 amide bonds. The number of hydrogen-bond donors (Lipinski definition) is 4. The van der Waals surface area contributed by atoms with E-state index in [1.807, 2.05) is 0 Å².